The average Bonchev–Trinajstić information content (AvgIpc) is 3.15. The smallest absolute Gasteiger partial charge is 0.240 e. The van der Waals surface area contributed by atoms with E-state index in [0.717, 1.165) is 20.3 Å². The van der Waals surface area contributed by atoms with Gasteiger partial charge in [0, 0.05) is 34.2 Å². The number of sulfonamides is 1. The maximum absolute atomic E-state index is 12.4. The van der Waals surface area contributed by atoms with Gasteiger partial charge in [-0.15, -0.1) is 0 Å². The third kappa shape index (κ3) is 5.15. The van der Waals surface area contributed by atoms with E-state index < -0.39 is 10.0 Å². The molecule has 7 nitrogen and oxygen atoms in total. The van der Waals surface area contributed by atoms with E-state index in [9.17, 15) is 8.42 Å². The molecule has 0 aliphatic carbocycles. The van der Waals surface area contributed by atoms with Crippen LogP contribution in [0.25, 0.3) is 16.9 Å². The Morgan fingerprint density at radius 1 is 1.03 bits per heavy atom. The molecule has 0 saturated heterocycles. The molecule has 2 aromatic carbocycles. The largest absolute Gasteiger partial charge is 0.370 e. The number of anilines is 1. The van der Waals surface area contributed by atoms with Gasteiger partial charge in [0.2, 0.25) is 10.0 Å². The Morgan fingerprint density at radius 3 is 2.53 bits per heavy atom. The number of hydrogen-bond acceptors (Lipinski definition) is 5. The van der Waals surface area contributed by atoms with Gasteiger partial charge in [-0.2, -0.15) is 9.61 Å². The molecule has 0 fully saturated rings. The van der Waals surface area contributed by atoms with E-state index in [2.05, 4.69) is 52.0 Å². The zero-order valence-electron chi connectivity index (χ0n) is 16.6. The Hall–Kier alpha value is -1.98. The van der Waals surface area contributed by atoms with E-state index in [4.69, 9.17) is 11.6 Å². The summed E-state index contributed by atoms with van der Waals surface area (Å²) in [6.45, 7) is 0.821. The van der Waals surface area contributed by atoms with Gasteiger partial charge in [-0.1, -0.05) is 45.7 Å². The lowest BCUT2D eigenvalue weighted by Crippen LogP contribution is -2.26. The molecule has 0 radical (unpaired) electrons. The molecule has 0 spiro atoms. The first-order chi connectivity index (χ1) is 15.3. The molecule has 11 heteroatoms. The first kappa shape index (κ1) is 23.2. The highest BCUT2D eigenvalue weighted by Crippen LogP contribution is 2.30. The fourth-order valence-electron chi connectivity index (χ4n) is 3.08. The van der Waals surface area contributed by atoms with Crippen molar-refractivity contribution in [2.75, 3.05) is 18.4 Å². The molecular weight excluding hydrogens is 582 g/mol. The summed E-state index contributed by atoms with van der Waals surface area (Å²) >= 11 is 13.1. The molecule has 2 heterocycles. The van der Waals surface area contributed by atoms with Gasteiger partial charge in [-0.25, -0.2) is 18.1 Å². The van der Waals surface area contributed by atoms with Gasteiger partial charge in [-0.3, -0.25) is 0 Å². The lowest BCUT2D eigenvalue weighted by atomic mass is 10.1. The van der Waals surface area contributed by atoms with E-state index in [1.807, 2.05) is 30.3 Å². The summed E-state index contributed by atoms with van der Waals surface area (Å²) in [7, 11) is -3.55. The molecule has 32 heavy (non-hydrogen) atoms. The van der Waals surface area contributed by atoms with E-state index in [1.54, 1.807) is 35.0 Å². The Labute approximate surface area is 207 Å². The van der Waals surface area contributed by atoms with Gasteiger partial charge in [0.25, 0.3) is 0 Å². The van der Waals surface area contributed by atoms with Crippen LogP contribution in [-0.2, 0) is 10.0 Å². The second kappa shape index (κ2) is 9.88. The molecule has 0 saturated carbocycles. The predicted molar refractivity (Wildman–Crippen MR) is 134 cm³/mol. The van der Waals surface area contributed by atoms with Gasteiger partial charge >= 0.3 is 0 Å². The fraction of sp³-hybridized carbons (Fsp3) is 0.143. The summed E-state index contributed by atoms with van der Waals surface area (Å²) in [6.07, 6.45) is 2.25. The minimum Gasteiger partial charge on any atom is -0.370 e. The minimum atomic E-state index is -3.55. The molecule has 0 aliphatic rings. The molecule has 0 amide bonds. The summed E-state index contributed by atoms with van der Waals surface area (Å²) in [5.41, 5.74) is 2.18. The van der Waals surface area contributed by atoms with Crippen molar-refractivity contribution in [3.05, 3.63) is 74.8 Å². The molecule has 4 rings (SSSR count). The molecule has 0 bridgehead atoms. The summed E-state index contributed by atoms with van der Waals surface area (Å²) < 4.78 is 30.7. The maximum Gasteiger partial charge on any atom is 0.240 e. The quantitative estimate of drug-likeness (QED) is 0.267. The summed E-state index contributed by atoms with van der Waals surface area (Å²) in [4.78, 5) is 4.91. The summed E-state index contributed by atoms with van der Waals surface area (Å²) in [5, 5.41) is 8.28. The molecule has 166 valence electrons. The Balaban J connectivity index is 1.45. The van der Waals surface area contributed by atoms with Crippen molar-refractivity contribution in [2.45, 2.75) is 11.3 Å². The number of hydrogen-bond donors (Lipinski definition) is 2. The van der Waals surface area contributed by atoms with Crippen LogP contribution in [0.2, 0.25) is 5.02 Å². The lowest BCUT2D eigenvalue weighted by molar-refractivity contribution is 0.580. The Bertz CT molecular complexity index is 1360. The van der Waals surface area contributed by atoms with Crippen LogP contribution in [0.5, 0.6) is 0 Å². The number of nitrogens with one attached hydrogen (secondary N) is 2. The predicted octanol–water partition coefficient (Wildman–Crippen LogP) is 5.36. The van der Waals surface area contributed by atoms with Crippen LogP contribution in [0.4, 0.5) is 5.82 Å². The highest BCUT2D eigenvalue weighted by atomic mass is 79.9. The topological polar surface area (TPSA) is 88.4 Å². The van der Waals surface area contributed by atoms with Crippen molar-refractivity contribution in [2.24, 2.45) is 0 Å². The van der Waals surface area contributed by atoms with Crippen LogP contribution in [0.15, 0.2) is 74.6 Å². The van der Waals surface area contributed by atoms with E-state index in [0.29, 0.717) is 35.9 Å². The lowest BCUT2D eigenvalue weighted by Gasteiger charge is -2.12. The van der Waals surface area contributed by atoms with Crippen LogP contribution < -0.4 is 10.0 Å². The van der Waals surface area contributed by atoms with Gasteiger partial charge in [0.05, 0.1) is 21.3 Å². The van der Waals surface area contributed by atoms with E-state index >= 15 is 0 Å². The molecule has 2 N–H and O–H groups in total. The van der Waals surface area contributed by atoms with Gasteiger partial charge in [0.15, 0.2) is 5.65 Å². The molecule has 2 aromatic heterocycles. The maximum atomic E-state index is 12.4. The number of nitrogens with zero attached hydrogens (tertiary/aromatic N) is 3. The van der Waals surface area contributed by atoms with Crippen LogP contribution in [0.3, 0.4) is 0 Å². The first-order valence-corrected chi connectivity index (χ1v) is 13.1. The third-order valence-electron chi connectivity index (χ3n) is 4.65. The zero-order chi connectivity index (χ0) is 22.7. The fourth-order valence-corrected chi connectivity index (χ4v) is 5.00. The van der Waals surface area contributed by atoms with Crippen LogP contribution in [0, 0.1) is 0 Å². The number of benzene rings is 2. The van der Waals surface area contributed by atoms with E-state index in [-0.39, 0.29) is 4.90 Å². The average molecular weight is 600 g/mol. The molecule has 0 aliphatic heterocycles. The molecule has 4 aromatic rings. The highest BCUT2D eigenvalue weighted by Gasteiger charge is 2.14. The van der Waals surface area contributed by atoms with Crippen LogP contribution >= 0.6 is 43.5 Å². The Morgan fingerprint density at radius 2 is 1.78 bits per heavy atom. The molecule has 0 atom stereocenters. The standard InChI is InChI=1S/C21H18Br2ClN5O2S/c22-14-6-8-15(9-7-14)32(30,31)27-11-3-10-25-20-12-19(16-4-1-2-5-18(16)24)28-21-17(23)13-26-29(20)21/h1-2,4-9,12-13,25,27H,3,10-11H2. The minimum absolute atomic E-state index is 0.232. The normalized spacial score (nSPS) is 11.7. The summed E-state index contributed by atoms with van der Waals surface area (Å²) in [5.74, 6) is 0.728. The van der Waals surface area contributed by atoms with Crippen molar-refractivity contribution in [3.63, 3.8) is 0 Å². The second-order valence-electron chi connectivity index (χ2n) is 6.87. The highest BCUT2D eigenvalue weighted by molar-refractivity contribution is 9.11. The summed E-state index contributed by atoms with van der Waals surface area (Å²) in [6, 6.07) is 15.9. The molecular formula is C21H18Br2ClN5O2S. The van der Waals surface area contributed by atoms with Crippen molar-refractivity contribution in [3.8, 4) is 11.3 Å². The zero-order valence-corrected chi connectivity index (χ0v) is 21.3. The number of fused-ring (bicyclic) bond motifs is 1. The van der Waals surface area contributed by atoms with Crippen molar-refractivity contribution in [1.82, 2.24) is 19.3 Å². The van der Waals surface area contributed by atoms with E-state index in [1.165, 1.54) is 0 Å². The van der Waals surface area contributed by atoms with Gasteiger partial charge in [0.1, 0.15) is 5.82 Å². The van der Waals surface area contributed by atoms with Crippen LogP contribution in [-0.4, -0.2) is 36.1 Å². The second-order valence-corrected chi connectivity index (χ2v) is 10.8. The Kier molecular flexibility index (Phi) is 7.16. The van der Waals surface area contributed by atoms with Crippen molar-refractivity contribution >= 4 is 64.9 Å². The first-order valence-electron chi connectivity index (χ1n) is 9.63. The SMILES string of the molecule is O=S(=O)(NCCCNc1cc(-c2ccccc2Cl)nc2c(Br)cnn12)c1ccc(Br)cc1. The van der Waals surface area contributed by atoms with Gasteiger partial charge < -0.3 is 5.32 Å². The number of halogens is 3. The number of rotatable bonds is 8. The third-order valence-corrected chi connectivity index (χ3v) is 7.55. The monoisotopic (exact) mass is 597 g/mol. The van der Waals surface area contributed by atoms with Gasteiger partial charge in [-0.05, 0) is 52.7 Å². The van der Waals surface area contributed by atoms with Crippen LogP contribution in [0.1, 0.15) is 6.42 Å². The molecule has 0 unspecified atom stereocenters. The van der Waals surface area contributed by atoms with Crippen molar-refractivity contribution in [1.29, 1.82) is 0 Å². The number of aromatic nitrogens is 3. The van der Waals surface area contributed by atoms with Crippen molar-refractivity contribution < 1.29 is 8.42 Å².